The number of nitrogens with zero attached hydrogens (tertiary/aromatic N) is 4. The molecule has 0 bridgehead atoms. The maximum Gasteiger partial charge on any atom is 0.266 e. The molecule has 1 unspecified atom stereocenters. The van der Waals surface area contributed by atoms with Crippen molar-refractivity contribution in [2.45, 2.75) is 32.9 Å². The highest BCUT2D eigenvalue weighted by atomic mass is 35.5. The highest BCUT2D eigenvalue weighted by Crippen LogP contribution is 2.26. The van der Waals surface area contributed by atoms with Crippen molar-refractivity contribution in [3.63, 3.8) is 0 Å². The first-order valence-electron chi connectivity index (χ1n) is 8.20. The highest BCUT2D eigenvalue weighted by molar-refractivity contribution is 6.34. The molecule has 0 fully saturated rings. The van der Waals surface area contributed by atoms with Crippen LogP contribution in [0, 0.1) is 19.7 Å². The summed E-state index contributed by atoms with van der Waals surface area (Å²) in [6.45, 7) is 4.29. The standard InChI is InChI=1S/C18H20ClFN4O2/c1-10-12(11(2)24(4)21-10)9-23(3)18(25)16-8-15(22-26-16)17-13(19)6-5-7-14(17)20/h5-7,16H,8-9H2,1-4H3. The summed E-state index contributed by atoms with van der Waals surface area (Å²) in [6.07, 6.45) is -0.614. The smallest absolute Gasteiger partial charge is 0.266 e. The Morgan fingerprint density at radius 3 is 2.81 bits per heavy atom. The summed E-state index contributed by atoms with van der Waals surface area (Å²) in [6, 6.07) is 4.41. The molecule has 1 aromatic carbocycles. The van der Waals surface area contributed by atoms with E-state index in [1.807, 2.05) is 20.9 Å². The van der Waals surface area contributed by atoms with Gasteiger partial charge in [-0.25, -0.2) is 4.39 Å². The summed E-state index contributed by atoms with van der Waals surface area (Å²) in [5.74, 6) is -0.707. The number of amides is 1. The van der Waals surface area contributed by atoms with Crippen molar-refractivity contribution in [2.24, 2.45) is 12.2 Å². The Morgan fingerprint density at radius 1 is 1.46 bits per heavy atom. The molecule has 1 aromatic heterocycles. The fourth-order valence-corrected chi connectivity index (χ4v) is 3.31. The lowest BCUT2D eigenvalue weighted by molar-refractivity contribution is -0.141. The third kappa shape index (κ3) is 3.31. The summed E-state index contributed by atoms with van der Waals surface area (Å²) >= 11 is 6.06. The lowest BCUT2D eigenvalue weighted by Crippen LogP contribution is -2.36. The number of benzene rings is 1. The zero-order valence-electron chi connectivity index (χ0n) is 15.1. The summed E-state index contributed by atoms with van der Waals surface area (Å²) in [5.41, 5.74) is 3.41. The van der Waals surface area contributed by atoms with Crippen molar-refractivity contribution in [3.8, 4) is 0 Å². The van der Waals surface area contributed by atoms with Gasteiger partial charge in [0.15, 0.2) is 0 Å². The SMILES string of the molecule is Cc1nn(C)c(C)c1CN(C)C(=O)C1CC(c2c(F)cccc2Cl)=NO1. The first-order valence-corrected chi connectivity index (χ1v) is 8.58. The average Bonchev–Trinajstić information content (AvgIpc) is 3.15. The fourth-order valence-electron chi connectivity index (χ4n) is 3.04. The molecule has 0 spiro atoms. The summed E-state index contributed by atoms with van der Waals surface area (Å²) in [7, 11) is 3.57. The van der Waals surface area contributed by atoms with Crippen LogP contribution in [0.15, 0.2) is 23.4 Å². The monoisotopic (exact) mass is 378 g/mol. The molecule has 1 aliphatic heterocycles. The van der Waals surface area contributed by atoms with Crippen LogP contribution in [-0.4, -0.2) is 39.5 Å². The molecule has 3 rings (SSSR count). The van der Waals surface area contributed by atoms with Crippen molar-refractivity contribution in [3.05, 3.63) is 51.6 Å². The van der Waals surface area contributed by atoms with E-state index in [0.717, 1.165) is 17.0 Å². The van der Waals surface area contributed by atoms with E-state index >= 15 is 0 Å². The van der Waals surface area contributed by atoms with Crippen LogP contribution in [0.4, 0.5) is 4.39 Å². The molecular formula is C18H20ClFN4O2. The molecule has 0 saturated carbocycles. The summed E-state index contributed by atoms with van der Waals surface area (Å²) in [5, 5.41) is 8.49. The summed E-state index contributed by atoms with van der Waals surface area (Å²) in [4.78, 5) is 19.5. The van der Waals surface area contributed by atoms with Crippen LogP contribution in [0.5, 0.6) is 0 Å². The molecule has 0 radical (unpaired) electrons. The zero-order chi connectivity index (χ0) is 19.0. The Hall–Kier alpha value is -2.41. The second kappa shape index (κ2) is 7.07. The lowest BCUT2D eigenvalue weighted by atomic mass is 10.0. The first kappa shape index (κ1) is 18.4. The maximum absolute atomic E-state index is 14.0. The second-order valence-electron chi connectivity index (χ2n) is 6.40. The Bertz CT molecular complexity index is 873. The van der Waals surface area contributed by atoms with Crippen molar-refractivity contribution in [2.75, 3.05) is 7.05 Å². The number of carbonyl (C=O) groups is 1. The van der Waals surface area contributed by atoms with Gasteiger partial charge >= 0.3 is 0 Å². The number of oxime groups is 1. The predicted molar refractivity (Wildman–Crippen MR) is 96.6 cm³/mol. The van der Waals surface area contributed by atoms with Gasteiger partial charge in [-0.1, -0.05) is 22.8 Å². The van der Waals surface area contributed by atoms with Gasteiger partial charge in [-0.15, -0.1) is 0 Å². The van der Waals surface area contributed by atoms with Crippen LogP contribution >= 0.6 is 11.6 Å². The van der Waals surface area contributed by atoms with Crippen molar-refractivity contribution >= 4 is 23.2 Å². The zero-order valence-corrected chi connectivity index (χ0v) is 15.8. The molecule has 6 nitrogen and oxygen atoms in total. The molecule has 0 saturated heterocycles. The molecule has 0 N–H and O–H groups in total. The van der Waals surface area contributed by atoms with Gasteiger partial charge in [0.2, 0.25) is 6.10 Å². The van der Waals surface area contributed by atoms with Gasteiger partial charge in [-0.3, -0.25) is 9.48 Å². The number of aryl methyl sites for hydroxylation is 2. The molecule has 2 heterocycles. The quantitative estimate of drug-likeness (QED) is 0.821. The number of rotatable bonds is 4. The van der Waals surface area contributed by atoms with E-state index in [0.29, 0.717) is 12.3 Å². The number of halogens is 2. The van der Waals surface area contributed by atoms with Crippen LogP contribution < -0.4 is 0 Å². The third-order valence-corrected chi connectivity index (χ3v) is 4.94. The Morgan fingerprint density at radius 2 is 2.19 bits per heavy atom. The molecule has 26 heavy (non-hydrogen) atoms. The molecule has 1 atom stereocenters. The normalized spacial score (nSPS) is 16.4. The van der Waals surface area contributed by atoms with Crippen LogP contribution in [0.25, 0.3) is 0 Å². The minimum Gasteiger partial charge on any atom is -0.382 e. The molecule has 1 amide bonds. The molecule has 0 aliphatic carbocycles. The van der Waals surface area contributed by atoms with E-state index in [2.05, 4.69) is 10.3 Å². The van der Waals surface area contributed by atoms with Gasteiger partial charge in [0.25, 0.3) is 5.91 Å². The number of aromatic nitrogens is 2. The van der Waals surface area contributed by atoms with Crippen molar-refractivity contribution in [1.82, 2.24) is 14.7 Å². The Kier molecular flexibility index (Phi) is 5.00. The molecular weight excluding hydrogens is 359 g/mol. The largest absolute Gasteiger partial charge is 0.382 e. The third-order valence-electron chi connectivity index (χ3n) is 4.63. The van der Waals surface area contributed by atoms with Gasteiger partial charge in [0.05, 0.1) is 22.0 Å². The first-order chi connectivity index (χ1) is 12.3. The van der Waals surface area contributed by atoms with Gasteiger partial charge in [-0.05, 0) is 26.0 Å². The van der Waals surface area contributed by atoms with E-state index in [1.165, 1.54) is 12.1 Å². The fraction of sp³-hybridized carbons (Fsp3) is 0.389. The van der Waals surface area contributed by atoms with Crippen LogP contribution in [-0.2, 0) is 23.2 Å². The number of likely N-dealkylation sites (N-methyl/N-ethyl adjacent to an activating group) is 1. The molecule has 2 aromatic rings. The van der Waals surface area contributed by atoms with E-state index in [4.69, 9.17) is 16.4 Å². The van der Waals surface area contributed by atoms with E-state index in [1.54, 1.807) is 22.7 Å². The van der Waals surface area contributed by atoms with Crippen LogP contribution in [0.2, 0.25) is 5.02 Å². The molecule has 8 heteroatoms. The Balaban J connectivity index is 1.70. The maximum atomic E-state index is 14.0. The van der Waals surface area contributed by atoms with Crippen LogP contribution in [0.3, 0.4) is 0 Å². The molecule has 1 aliphatic rings. The topological polar surface area (TPSA) is 59.7 Å². The van der Waals surface area contributed by atoms with Gasteiger partial charge < -0.3 is 9.74 Å². The van der Waals surface area contributed by atoms with Crippen molar-refractivity contribution < 1.29 is 14.0 Å². The van der Waals surface area contributed by atoms with Gasteiger partial charge in [-0.2, -0.15) is 5.10 Å². The van der Waals surface area contributed by atoms with Gasteiger partial charge in [0, 0.05) is 38.3 Å². The number of hydrogen-bond donors (Lipinski definition) is 0. The molecule has 138 valence electrons. The second-order valence-corrected chi connectivity index (χ2v) is 6.81. The predicted octanol–water partition coefficient (Wildman–Crippen LogP) is 2.98. The van der Waals surface area contributed by atoms with Crippen LogP contribution in [0.1, 0.15) is 28.9 Å². The van der Waals surface area contributed by atoms with Crippen molar-refractivity contribution in [1.29, 1.82) is 0 Å². The van der Waals surface area contributed by atoms with Gasteiger partial charge in [0.1, 0.15) is 5.82 Å². The van der Waals surface area contributed by atoms with E-state index < -0.39 is 11.9 Å². The minimum atomic E-state index is -0.789. The highest BCUT2D eigenvalue weighted by Gasteiger charge is 2.33. The average molecular weight is 379 g/mol. The van der Waals surface area contributed by atoms with E-state index in [9.17, 15) is 9.18 Å². The number of hydrogen-bond acceptors (Lipinski definition) is 4. The Labute approximate surface area is 156 Å². The minimum absolute atomic E-state index is 0.175. The number of carbonyl (C=O) groups excluding carboxylic acids is 1. The summed E-state index contributed by atoms with van der Waals surface area (Å²) < 4.78 is 15.8. The lowest BCUT2D eigenvalue weighted by Gasteiger charge is -2.20. The van der Waals surface area contributed by atoms with E-state index in [-0.39, 0.29) is 22.9 Å².